The van der Waals surface area contributed by atoms with Gasteiger partial charge < -0.3 is 0 Å². The van der Waals surface area contributed by atoms with Crippen LogP contribution in [0.1, 0.15) is 26.4 Å². The first kappa shape index (κ1) is 11.6. The summed E-state index contributed by atoms with van der Waals surface area (Å²) in [6.07, 6.45) is 2.76. The summed E-state index contributed by atoms with van der Waals surface area (Å²) >= 11 is 8.07. The summed E-state index contributed by atoms with van der Waals surface area (Å²) in [5, 5.41) is 1.11. The van der Waals surface area contributed by atoms with Gasteiger partial charge in [0.2, 0.25) is 0 Å². The number of halogens is 1. The van der Waals surface area contributed by atoms with Crippen LogP contribution < -0.4 is 0 Å². The number of aromatic nitrogens is 1. The van der Waals surface area contributed by atoms with Crippen LogP contribution >= 0.6 is 22.9 Å². The van der Waals surface area contributed by atoms with Crippen molar-refractivity contribution in [2.45, 2.75) is 25.6 Å². The maximum absolute atomic E-state index is 6.40. The predicted octanol–water partition coefficient (Wildman–Crippen LogP) is 4.28. The van der Waals surface area contributed by atoms with Gasteiger partial charge in [-0.3, -0.25) is 0 Å². The van der Waals surface area contributed by atoms with E-state index in [4.69, 9.17) is 11.6 Å². The topological polar surface area (TPSA) is 12.9 Å². The van der Waals surface area contributed by atoms with Gasteiger partial charge in [-0.15, -0.1) is 22.9 Å². The normalized spacial score (nSPS) is 12.7. The number of benzene rings is 1. The molecule has 1 aromatic heterocycles. The van der Waals surface area contributed by atoms with Gasteiger partial charge in [-0.2, -0.15) is 0 Å². The molecule has 0 saturated heterocycles. The fraction of sp³-hybridized carbons (Fsp3) is 0.308. The summed E-state index contributed by atoms with van der Waals surface area (Å²) in [6.45, 7) is 4.13. The van der Waals surface area contributed by atoms with Gasteiger partial charge in [-0.05, 0) is 31.4 Å². The molecule has 1 aromatic carbocycles. The summed E-state index contributed by atoms with van der Waals surface area (Å²) < 4.78 is 0. The number of hydrogen-bond donors (Lipinski definition) is 0. The van der Waals surface area contributed by atoms with Gasteiger partial charge in [0.25, 0.3) is 0 Å². The van der Waals surface area contributed by atoms with Crippen LogP contribution in [0.3, 0.4) is 0 Å². The van der Waals surface area contributed by atoms with Gasteiger partial charge in [0.1, 0.15) is 0 Å². The molecular formula is C13H14ClNS. The van der Waals surface area contributed by atoms with E-state index in [9.17, 15) is 0 Å². The molecule has 0 N–H and O–H groups in total. The zero-order valence-electron chi connectivity index (χ0n) is 9.40. The molecule has 0 amide bonds. The molecule has 1 heterocycles. The van der Waals surface area contributed by atoms with Crippen molar-refractivity contribution >= 4 is 22.9 Å². The van der Waals surface area contributed by atoms with Crippen molar-refractivity contribution in [3.63, 3.8) is 0 Å². The molecular weight excluding hydrogens is 238 g/mol. The van der Waals surface area contributed by atoms with Crippen LogP contribution in [0.5, 0.6) is 0 Å². The SMILES string of the molecule is Cc1ncc(C(Cl)Cc2ccccc2C)s1. The molecule has 0 spiro atoms. The zero-order chi connectivity index (χ0) is 11.5. The third-order valence-corrected chi connectivity index (χ3v) is 4.15. The Bertz CT molecular complexity index is 478. The molecule has 2 rings (SSSR count). The van der Waals surface area contributed by atoms with Crippen molar-refractivity contribution in [2.24, 2.45) is 0 Å². The van der Waals surface area contributed by atoms with Crippen LogP contribution in [-0.4, -0.2) is 4.98 Å². The van der Waals surface area contributed by atoms with Crippen LogP contribution in [0.4, 0.5) is 0 Å². The van der Waals surface area contributed by atoms with Crippen LogP contribution in [0.15, 0.2) is 30.5 Å². The minimum atomic E-state index is 0.0345. The quantitative estimate of drug-likeness (QED) is 0.742. The molecule has 0 fully saturated rings. The Morgan fingerprint density at radius 2 is 2.06 bits per heavy atom. The molecule has 0 saturated carbocycles. The Morgan fingerprint density at radius 3 is 2.69 bits per heavy atom. The largest absolute Gasteiger partial charge is 0.250 e. The van der Waals surface area contributed by atoms with Gasteiger partial charge >= 0.3 is 0 Å². The van der Waals surface area contributed by atoms with Crippen molar-refractivity contribution in [2.75, 3.05) is 0 Å². The molecule has 1 atom stereocenters. The number of nitrogens with zero attached hydrogens (tertiary/aromatic N) is 1. The zero-order valence-corrected chi connectivity index (χ0v) is 11.0. The summed E-state index contributed by atoms with van der Waals surface area (Å²) in [6, 6.07) is 8.37. The monoisotopic (exact) mass is 251 g/mol. The van der Waals surface area contributed by atoms with Gasteiger partial charge in [0, 0.05) is 11.1 Å². The predicted molar refractivity (Wildman–Crippen MR) is 70.3 cm³/mol. The fourth-order valence-corrected chi connectivity index (χ4v) is 2.77. The first-order valence-electron chi connectivity index (χ1n) is 5.27. The lowest BCUT2D eigenvalue weighted by atomic mass is 10.0. The second kappa shape index (κ2) is 4.98. The Balaban J connectivity index is 2.13. The molecule has 0 bridgehead atoms. The molecule has 1 nitrogen and oxygen atoms in total. The minimum Gasteiger partial charge on any atom is -0.250 e. The Labute approximate surface area is 105 Å². The van der Waals surface area contributed by atoms with Gasteiger partial charge in [0.05, 0.1) is 10.4 Å². The van der Waals surface area contributed by atoms with E-state index in [0.717, 1.165) is 16.3 Å². The first-order valence-corrected chi connectivity index (χ1v) is 6.53. The van der Waals surface area contributed by atoms with E-state index in [2.05, 4.69) is 36.2 Å². The molecule has 84 valence electrons. The van der Waals surface area contributed by atoms with E-state index in [-0.39, 0.29) is 5.38 Å². The Kier molecular flexibility index (Phi) is 3.62. The molecule has 0 radical (unpaired) electrons. The summed E-state index contributed by atoms with van der Waals surface area (Å²) in [4.78, 5) is 5.39. The van der Waals surface area contributed by atoms with E-state index >= 15 is 0 Å². The molecule has 3 heteroatoms. The molecule has 0 aliphatic carbocycles. The summed E-state index contributed by atoms with van der Waals surface area (Å²) in [5.41, 5.74) is 2.61. The Hall–Kier alpha value is -0.860. The smallest absolute Gasteiger partial charge is 0.0897 e. The van der Waals surface area contributed by atoms with Crippen molar-refractivity contribution in [1.82, 2.24) is 4.98 Å². The number of hydrogen-bond acceptors (Lipinski definition) is 2. The van der Waals surface area contributed by atoms with Crippen molar-refractivity contribution < 1.29 is 0 Å². The van der Waals surface area contributed by atoms with Crippen molar-refractivity contribution in [3.8, 4) is 0 Å². The van der Waals surface area contributed by atoms with Gasteiger partial charge in [0.15, 0.2) is 0 Å². The summed E-state index contributed by atoms with van der Waals surface area (Å²) in [7, 11) is 0. The highest BCUT2D eigenvalue weighted by molar-refractivity contribution is 7.11. The van der Waals surface area contributed by atoms with Crippen molar-refractivity contribution in [1.29, 1.82) is 0 Å². The Morgan fingerprint density at radius 1 is 1.31 bits per heavy atom. The lowest BCUT2D eigenvalue weighted by molar-refractivity contribution is 0.926. The van der Waals surface area contributed by atoms with Crippen LogP contribution in [0, 0.1) is 13.8 Å². The fourth-order valence-electron chi connectivity index (χ4n) is 1.66. The standard InChI is InChI=1S/C13H14ClNS/c1-9-5-3-4-6-11(9)7-12(14)13-8-15-10(2)16-13/h3-6,8,12H,7H2,1-2H3. The summed E-state index contributed by atoms with van der Waals surface area (Å²) in [5.74, 6) is 0. The van der Waals surface area contributed by atoms with Crippen molar-refractivity contribution in [3.05, 3.63) is 51.5 Å². The second-order valence-corrected chi connectivity index (χ2v) is 5.67. The molecule has 0 aliphatic heterocycles. The van der Waals surface area contributed by atoms with Crippen LogP contribution in [0.25, 0.3) is 0 Å². The molecule has 1 unspecified atom stereocenters. The van der Waals surface area contributed by atoms with E-state index in [1.807, 2.05) is 13.1 Å². The lowest BCUT2D eigenvalue weighted by Gasteiger charge is -2.09. The average Bonchev–Trinajstić information content (AvgIpc) is 2.68. The van der Waals surface area contributed by atoms with Crippen LogP contribution in [0.2, 0.25) is 0 Å². The molecule has 2 aromatic rings. The average molecular weight is 252 g/mol. The maximum atomic E-state index is 6.40. The number of thiazole rings is 1. The third kappa shape index (κ3) is 2.63. The maximum Gasteiger partial charge on any atom is 0.0897 e. The number of alkyl halides is 1. The van der Waals surface area contributed by atoms with E-state index in [0.29, 0.717) is 0 Å². The van der Waals surface area contributed by atoms with Crippen LogP contribution in [-0.2, 0) is 6.42 Å². The highest BCUT2D eigenvalue weighted by Gasteiger charge is 2.12. The van der Waals surface area contributed by atoms with E-state index in [1.54, 1.807) is 11.3 Å². The van der Waals surface area contributed by atoms with Gasteiger partial charge in [-0.1, -0.05) is 24.3 Å². The highest BCUT2D eigenvalue weighted by Crippen LogP contribution is 2.29. The lowest BCUT2D eigenvalue weighted by Crippen LogP contribution is -1.95. The third-order valence-electron chi connectivity index (χ3n) is 2.61. The van der Waals surface area contributed by atoms with Gasteiger partial charge in [-0.25, -0.2) is 4.98 Å². The molecule has 16 heavy (non-hydrogen) atoms. The molecule has 0 aliphatic rings. The van der Waals surface area contributed by atoms with E-state index < -0.39 is 0 Å². The number of rotatable bonds is 3. The first-order chi connectivity index (χ1) is 7.66. The minimum absolute atomic E-state index is 0.0345. The second-order valence-electron chi connectivity index (χ2n) is 3.88. The van der Waals surface area contributed by atoms with E-state index in [1.165, 1.54) is 11.1 Å². The number of aryl methyl sites for hydroxylation is 2. The highest BCUT2D eigenvalue weighted by atomic mass is 35.5.